The molecule has 112 valence electrons. The molecule has 19 heavy (non-hydrogen) atoms. The van der Waals surface area contributed by atoms with Crippen LogP contribution in [0.15, 0.2) is 0 Å². The Balaban J connectivity index is 1.72. The van der Waals surface area contributed by atoms with Crippen molar-refractivity contribution >= 4 is 0 Å². The molecular formula is C17H34N2. The standard InChI is InChI=1S/C17H34N2/c1-17(2,11-12-18)10-6-14-19-13-5-9-16(19)15-7-3-4-8-15/h15-16H,3-14,18H2,1-2H3. The van der Waals surface area contributed by atoms with Gasteiger partial charge in [0.1, 0.15) is 0 Å². The van der Waals surface area contributed by atoms with E-state index in [1.807, 2.05) is 0 Å². The summed E-state index contributed by atoms with van der Waals surface area (Å²) in [7, 11) is 0. The largest absolute Gasteiger partial charge is 0.330 e. The van der Waals surface area contributed by atoms with Gasteiger partial charge in [-0.15, -0.1) is 0 Å². The highest BCUT2D eigenvalue weighted by molar-refractivity contribution is 4.87. The van der Waals surface area contributed by atoms with Gasteiger partial charge in [0.25, 0.3) is 0 Å². The predicted molar refractivity (Wildman–Crippen MR) is 83.2 cm³/mol. The molecule has 2 nitrogen and oxygen atoms in total. The summed E-state index contributed by atoms with van der Waals surface area (Å²) in [5, 5.41) is 0. The van der Waals surface area contributed by atoms with E-state index >= 15 is 0 Å². The van der Waals surface area contributed by atoms with Gasteiger partial charge in [-0.25, -0.2) is 0 Å². The van der Waals surface area contributed by atoms with E-state index in [2.05, 4.69) is 18.7 Å². The third kappa shape index (κ3) is 4.46. The van der Waals surface area contributed by atoms with Gasteiger partial charge in [0.15, 0.2) is 0 Å². The topological polar surface area (TPSA) is 29.3 Å². The summed E-state index contributed by atoms with van der Waals surface area (Å²) in [6.07, 6.45) is 12.7. The first-order chi connectivity index (χ1) is 9.12. The van der Waals surface area contributed by atoms with Crippen molar-refractivity contribution in [3.8, 4) is 0 Å². The number of nitrogens with two attached hydrogens (primary N) is 1. The van der Waals surface area contributed by atoms with Crippen molar-refractivity contribution in [1.29, 1.82) is 0 Å². The molecule has 0 bridgehead atoms. The van der Waals surface area contributed by atoms with E-state index in [0.29, 0.717) is 5.41 Å². The molecule has 2 heteroatoms. The second-order valence-corrected chi connectivity index (χ2v) is 7.60. The molecule has 1 heterocycles. The molecule has 0 radical (unpaired) electrons. The Kier molecular flexibility index (Phi) is 5.70. The summed E-state index contributed by atoms with van der Waals surface area (Å²) in [6, 6.07) is 0.931. The van der Waals surface area contributed by atoms with Crippen LogP contribution >= 0.6 is 0 Å². The average molecular weight is 266 g/mol. The molecule has 0 spiro atoms. The maximum Gasteiger partial charge on any atom is 0.0124 e. The molecule has 2 rings (SSSR count). The lowest BCUT2D eigenvalue weighted by Crippen LogP contribution is -2.35. The summed E-state index contributed by atoms with van der Waals surface area (Å²) < 4.78 is 0. The van der Waals surface area contributed by atoms with Crippen LogP contribution in [0.4, 0.5) is 0 Å². The fourth-order valence-electron chi connectivity index (χ4n) is 4.28. The van der Waals surface area contributed by atoms with Crippen LogP contribution in [-0.2, 0) is 0 Å². The molecule has 1 atom stereocenters. The molecule has 2 aliphatic rings. The average Bonchev–Trinajstić information content (AvgIpc) is 2.97. The quantitative estimate of drug-likeness (QED) is 0.759. The number of hydrogen-bond acceptors (Lipinski definition) is 2. The zero-order chi connectivity index (χ0) is 13.7. The normalized spacial score (nSPS) is 26.4. The van der Waals surface area contributed by atoms with Crippen LogP contribution in [0.5, 0.6) is 0 Å². The molecule has 0 aromatic rings. The van der Waals surface area contributed by atoms with Crippen molar-refractivity contribution in [2.75, 3.05) is 19.6 Å². The molecule has 1 saturated carbocycles. The number of hydrogen-bond donors (Lipinski definition) is 1. The molecular weight excluding hydrogens is 232 g/mol. The Labute approximate surface area is 120 Å². The minimum Gasteiger partial charge on any atom is -0.330 e. The Morgan fingerprint density at radius 3 is 2.47 bits per heavy atom. The van der Waals surface area contributed by atoms with E-state index in [9.17, 15) is 0 Å². The van der Waals surface area contributed by atoms with Crippen molar-refractivity contribution in [3.63, 3.8) is 0 Å². The minimum atomic E-state index is 0.442. The predicted octanol–water partition coefficient (Wildman–Crippen LogP) is 3.80. The lowest BCUT2D eigenvalue weighted by molar-refractivity contribution is 0.176. The first-order valence-corrected chi connectivity index (χ1v) is 8.56. The second kappa shape index (κ2) is 7.08. The van der Waals surface area contributed by atoms with E-state index in [1.54, 1.807) is 0 Å². The highest BCUT2D eigenvalue weighted by Gasteiger charge is 2.32. The van der Waals surface area contributed by atoms with Gasteiger partial charge >= 0.3 is 0 Å². The zero-order valence-corrected chi connectivity index (χ0v) is 13.2. The fourth-order valence-corrected chi connectivity index (χ4v) is 4.28. The highest BCUT2D eigenvalue weighted by Crippen LogP contribution is 2.36. The van der Waals surface area contributed by atoms with E-state index < -0.39 is 0 Å². The van der Waals surface area contributed by atoms with Gasteiger partial charge in [0.05, 0.1) is 0 Å². The maximum absolute atomic E-state index is 5.70. The van der Waals surface area contributed by atoms with E-state index in [-0.39, 0.29) is 0 Å². The molecule has 2 fully saturated rings. The smallest absolute Gasteiger partial charge is 0.0124 e. The Morgan fingerprint density at radius 2 is 1.79 bits per heavy atom. The first-order valence-electron chi connectivity index (χ1n) is 8.56. The number of likely N-dealkylation sites (tertiary alicyclic amines) is 1. The Morgan fingerprint density at radius 1 is 1.05 bits per heavy atom. The van der Waals surface area contributed by atoms with Crippen molar-refractivity contribution in [1.82, 2.24) is 4.90 Å². The van der Waals surface area contributed by atoms with Gasteiger partial charge < -0.3 is 10.6 Å². The van der Waals surface area contributed by atoms with Crippen LogP contribution in [-0.4, -0.2) is 30.6 Å². The molecule has 1 unspecified atom stereocenters. The second-order valence-electron chi connectivity index (χ2n) is 7.60. The van der Waals surface area contributed by atoms with Crippen molar-refractivity contribution in [3.05, 3.63) is 0 Å². The van der Waals surface area contributed by atoms with Gasteiger partial charge in [0, 0.05) is 6.04 Å². The van der Waals surface area contributed by atoms with E-state index in [1.165, 1.54) is 70.9 Å². The van der Waals surface area contributed by atoms with Crippen LogP contribution in [0, 0.1) is 11.3 Å². The van der Waals surface area contributed by atoms with E-state index in [4.69, 9.17) is 5.73 Å². The lowest BCUT2D eigenvalue weighted by atomic mass is 9.84. The van der Waals surface area contributed by atoms with Gasteiger partial charge in [-0.2, -0.15) is 0 Å². The van der Waals surface area contributed by atoms with Crippen LogP contribution in [0.2, 0.25) is 0 Å². The molecule has 0 aromatic heterocycles. The molecule has 0 aromatic carbocycles. The van der Waals surface area contributed by atoms with Crippen LogP contribution in [0.1, 0.15) is 71.6 Å². The molecule has 1 aliphatic carbocycles. The summed E-state index contributed by atoms with van der Waals surface area (Å²) in [5.41, 5.74) is 6.14. The van der Waals surface area contributed by atoms with Crippen molar-refractivity contribution in [2.24, 2.45) is 17.1 Å². The third-order valence-electron chi connectivity index (χ3n) is 5.48. The SMILES string of the molecule is CC(C)(CCN)CCCN1CCCC1C1CCCC1. The summed E-state index contributed by atoms with van der Waals surface area (Å²) in [6.45, 7) is 8.27. The van der Waals surface area contributed by atoms with Crippen LogP contribution in [0.25, 0.3) is 0 Å². The van der Waals surface area contributed by atoms with Crippen LogP contribution < -0.4 is 5.73 Å². The van der Waals surface area contributed by atoms with Crippen molar-refractivity contribution in [2.45, 2.75) is 77.7 Å². The maximum atomic E-state index is 5.70. The molecule has 1 saturated heterocycles. The Hall–Kier alpha value is -0.0800. The first kappa shape index (κ1) is 15.3. The molecule has 1 aliphatic heterocycles. The fraction of sp³-hybridized carbons (Fsp3) is 1.00. The van der Waals surface area contributed by atoms with Crippen molar-refractivity contribution < 1.29 is 0 Å². The highest BCUT2D eigenvalue weighted by atomic mass is 15.2. The number of rotatable bonds is 7. The monoisotopic (exact) mass is 266 g/mol. The Bertz CT molecular complexity index is 256. The number of nitrogens with zero attached hydrogens (tertiary/aromatic N) is 1. The van der Waals surface area contributed by atoms with Gasteiger partial charge in [-0.3, -0.25) is 0 Å². The zero-order valence-electron chi connectivity index (χ0n) is 13.2. The molecule has 0 amide bonds. The summed E-state index contributed by atoms with van der Waals surface area (Å²) in [5.74, 6) is 1.03. The summed E-state index contributed by atoms with van der Waals surface area (Å²) in [4.78, 5) is 2.81. The van der Waals surface area contributed by atoms with Gasteiger partial charge in [-0.1, -0.05) is 26.7 Å². The van der Waals surface area contributed by atoms with E-state index in [0.717, 1.165) is 18.5 Å². The van der Waals surface area contributed by atoms with Gasteiger partial charge in [0.2, 0.25) is 0 Å². The summed E-state index contributed by atoms with van der Waals surface area (Å²) >= 11 is 0. The minimum absolute atomic E-state index is 0.442. The van der Waals surface area contributed by atoms with Crippen LogP contribution in [0.3, 0.4) is 0 Å². The third-order valence-corrected chi connectivity index (χ3v) is 5.48. The lowest BCUT2D eigenvalue weighted by Gasteiger charge is -2.31. The van der Waals surface area contributed by atoms with Gasteiger partial charge in [-0.05, 0) is 75.9 Å². The molecule has 2 N–H and O–H groups in total.